The number of thiophene rings is 1. The van der Waals surface area contributed by atoms with Gasteiger partial charge in [0.2, 0.25) is 0 Å². The summed E-state index contributed by atoms with van der Waals surface area (Å²) in [7, 11) is 0. The molecule has 1 fully saturated rings. The lowest BCUT2D eigenvalue weighted by atomic mass is 10.4. The normalized spacial score (nSPS) is 15.3. The van der Waals surface area contributed by atoms with Gasteiger partial charge in [0.05, 0.1) is 17.5 Å². The molecule has 0 bridgehead atoms. The van der Waals surface area contributed by atoms with Crippen LogP contribution in [0.5, 0.6) is 0 Å². The maximum absolute atomic E-state index is 11.9. The number of nitrogens with zero attached hydrogens (tertiary/aromatic N) is 1. The number of ether oxygens (including phenoxy) is 2. The first-order valence-corrected chi connectivity index (χ1v) is 7.30. The molecule has 1 aliphatic rings. The third-order valence-electron chi connectivity index (χ3n) is 2.48. The number of hydrogen-bond acceptors (Lipinski definition) is 5. The van der Waals surface area contributed by atoms with Gasteiger partial charge in [0.25, 0.3) is 11.9 Å². The molecular formula is C13H18N2O3S. The Balaban J connectivity index is 1.85. The standard InChI is InChI=1S/C13H18N2O3S/c1-2-17-7-8-18-13(14-10-5-6-10)15-12(16)11-4-3-9-19-11/h3-4,9-10H,2,5-8H2,1H3,(H,14,15,16). The maximum Gasteiger partial charge on any atom is 0.292 e. The van der Waals surface area contributed by atoms with Gasteiger partial charge in [0.1, 0.15) is 6.61 Å². The molecule has 6 heteroatoms. The molecule has 0 atom stereocenters. The Morgan fingerprint density at radius 3 is 3.00 bits per heavy atom. The summed E-state index contributed by atoms with van der Waals surface area (Å²) < 4.78 is 10.7. The van der Waals surface area contributed by atoms with E-state index in [0.717, 1.165) is 12.8 Å². The molecule has 0 unspecified atom stereocenters. The minimum Gasteiger partial charge on any atom is -0.463 e. The summed E-state index contributed by atoms with van der Waals surface area (Å²) in [6, 6.07) is 4.22. The van der Waals surface area contributed by atoms with Crippen molar-refractivity contribution in [3.8, 4) is 0 Å². The number of amides is 1. The second kappa shape index (κ2) is 7.25. The molecule has 1 N–H and O–H groups in total. The lowest BCUT2D eigenvalue weighted by molar-refractivity contribution is 0.0925. The first-order chi connectivity index (χ1) is 9.29. The van der Waals surface area contributed by atoms with Crippen LogP contribution in [0, 0.1) is 0 Å². The number of rotatable bonds is 6. The van der Waals surface area contributed by atoms with Crippen LogP contribution in [0.1, 0.15) is 29.4 Å². The lowest BCUT2D eigenvalue weighted by Gasteiger charge is -2.10. The molecule has 0 radical (unpaired) electrons. The Morgan fingerprint density at radius 1 is 1.53 bits per heavy atom. The van der Waals surface area contributed by atoms with E-state index in [-0.39, 0.29) is 5.91 Å². The minimum atomic E-state index is -0.175. The molecule has 0 spiro atoms. The summed E-state index contributed by atoms with van der Waals surface area (Å²) in [5, 5.41) is 4.58. The summed E-state index contributed by atoms with van der Waals surface area (Å²) in [5.41, 5.74) is 0. The molecule has 2 rings (SSSR count). The molecule has 5 nitrogen and oxygen atoms in total. The van der Waals surface area contributed by atoms with E-state index in [1.54, 1.807) is 6.07 Å². The molecule has 19 heavy (non-hydrogen) atoms. The van der Waals surface area contributed by atoms with Crippen LogP contribution >= 0.6 is 11.3 Å². The van der Waals surface area contributed by atoms with Gasteiger partial charge >= 0.3 is 0 Å². The van der Waals surface area contributed by atoms with Crippen LogP contribution in [0.15, 0.2) is 22.5 Å². The fourth-order valence-corrected chi connectivity index (χ4v) is 2.00. The second-order valence-corrected chi connectivity index (χ2v) is 5.09. The predicted octanol–water partition coefficient (Wildman–Crippen LogP) is 2.05. The second-order valence-electron chi connectivity index (χ2n) is 4.14. The number of nitrogens with one attached hydrogen (secondary N) is 1. The molecule has 0 aliphatic heterocycles. The SMILES string of the molecule is CCOCCOC(=NC1CC1)NC(=O)c1cccs1. The average Bonchev–Trinajstić information content (AvgIpc) is 3.05. The minimum absolute atomic E-state index is 0.175. The Kier molecular flexibility index (Phi) is 5.35. The highest BCUT2D eigenvalue weighted by atomic mass is 32.1. The third-order valence-corrected chi connectivity index (χ3v) is 3.35. The zero-order valence-corrected chi connectivity index (χ0v) is 11.7. The largest absolute Gasteiger partial charge is 0.463 e. The van der Waals surface area contributed by atoms with Crippen molar-refractivity contribution in [3.05, 3.63) is 22.4 Å². The maximum atomic E-state index is 11.9. The van der Waals surface area contributed by atoms with Crippen LogP contribution in [0.25, 0.3) is 0 Å². The van der Waals surface area contributed by atoms with Gasteiger partial charge in [-0.25, -0.2) is 4.99 Å². The zero-order valence-electron chi connectivity index (χ0n) is 10.9. The van der Waals surface area contributed by atoms with E-state index < -0.39 is 0 Å². The fourth-order valence-electron chi connectivity index (χ4n) is 1.38. The van der Waals surface area contributed by atoms with Crippen LogP contribution in [-0.2, 0) is 9.47 Å². The molecule has 1 aliphatic carbocycles. The van der Waals surface area contributed by atoms with Gasteiger partial charge in [-0.3, -0.25) is 10.1 Å². The Hall–Kier alpha value is -1.40. The number of carbonyl (C=O) groups is 1. The summed E-state index contributed by atoms with van der Waals surface area (Å²) in [6.07, 6.45) is 2.13. The van der Waals surface area contributed by atoms with E-state index >= 15 is 0 Å². The van der Waals surface area contributed by atoms with Gasteiger partial charge < -0.3 is 9.47 Å². The van der Waals surface area contributed by atoms with Crippen LogP contribution in [0.3, 0.4) is 0 Å². The van der Waals surface area contributed by atoms with Crippen LogP contribution in [-0.4, -0.2) is 37.8 Å². The van der Waals surface area contributed by atoms with Crippen LogP contribution in [0.4, 0.5) is 0 Å². The lowest BCUT2D eigenvalue weighted by Crippen LogP contribution is -2.33. The monoisotopic (exact) mass is 282 g/mol. The van der Waals surface area contributed by atoms with Gasteiger partial charge in [-0.05, 0) is 31.2 Å². The van der Waals surface area contributed by atoms with Gasteiger partial charge in [0.15, 0.2) is 0 Å². The number of amidine groups is 1. The summed E-state index contributed by atoms with van der Waals surface area (Å²) in [4.78, 5) is 16.9. The van der Waals surface area contributed by atoms with E-state index in [2.05, 4.69) is 10.3 Å². The van der Waals surface area contributed by atoms with Crippen molar-refractivity contribution in [3.63, 3.8) is 0 Å². The van der Waals surface area contributed by atoms with Crippen LogP contribution in [0.2, 0.25) is 0 Å². The molecule has 1 heterocycles. The molecule has 104 valence electrons. The van der Waals surface area contributed by atoms with E-state index in [9.17, 15) is 4.79 Å². The highest BCUT2D eigenvalue weighted by Gasteiger charge is 2.22. The molecule has 0 saturated heterocycles. The van der Waals surface area contributed by atoms with Crippen molar-refractivity contribution in [2.75, 3.05) is 19.8 Å². The molecule has 1 amide bonds. The molecular weight excluding hydrogens is 264 g/mol. The quantitative estimate of drug-likeness (QED) is 0.493. The molecule has 1 aromatic rings. The first kappa shape index (κ1) is 14.0. The van der Waals surface area contributed by atoms with Gasteiger partial charge in [0, 0.05) is 6.61 Å². The predicted molar refractivity (Wildman–Crippen MR) is 74.7 cm³/mol. The Bertz CT molecular complexity index is 427. The highest BCUT2D eigenvalue weighted by Crippen LogP contribution is 2.23. The Morgan fingerprint density at radius 2 is 2.37 bits per heavy atom. The molecule has 0 aromatic carbocycles. The number of hydrogen-bond donors (Lipinski definition) is 1. The van der Waals surface area contributed by atoms with Crippen molar-refractivity contribution in [2.45, 2.75) is 25.8 Å². The van der Waals surface area contributed by atoms with E-state index in [1.807, 2.05) is 18.4 Å². The molecule has 1 saturated carbocycles. The number of carbonyl (C=O) groups excluding carboxylic acids is 1. The Labute approximate surface area is 116 Å². The summed E-state index contributed by atoms with van der Waals surface area (Å²) in [6.45, 7) is 3.47. The average molecular weight is 282 g/mol. The number of aliphatic imine (C=N–C) groups is 1. The fraction of sp³-hybridized carbons (Fsp3) is 0.538. The topological polar surface area (TPSA) is 59.9 Å². The third kappa shape index (κ3) is 5.00. The molecule has 1 aromatic heterocycles. The van der Waals surface area contributed by atoms with Gasteiger partial charge in [-0.2, -0.15) is 0 Å². The van der Waals surface area contributed by atoms with Crippen molar-refractivity contribution in [1.82, 2.24) is 5.32 Å². The van der Waals surface area contributed by atoms with Crippen molar-refractivity contribution < 1.29 is 14.3 Å². The van der Waals surface area contributed by atoms with Gasteiger partial charge in [-0.15, -0.1) is 11.3 Å². The van der Waals surface area contributed by atoms with Crippen molar-refractivity contribution in [1.29, 1.82) is 0 Å². The summed E-state index contributed by atoms with van der Waals surface area (Å²) in [5.74, 6) is -0.175. The zero-order chi connectivity index (χ0) is 13.5. The van der Waals surface area contributed by atoms with E-state index in [0.29, 0.717) is 36.8 Å². The van der Waals surface area contributed by atoms with E-state index in [1.165, 1.54) is 11.3 Å². The summed E-state index contributed by atoms with van der Waals surface area (Å²) >= 11 is 1.39. The van der Waals surface area contributed by atoms with Crippen LogP contribution < -0.4 is 5.32 Å². The first-order valence-electron chi connectivity index (χ1n) is 6.42. The highest BCUT2D eigenvalue weighted by molar-refractivity contribution is 7.12. The van der Waals surface area contributed by atoms with Crippen molar-refractivity contribution >= 4 is 23.3 Å². The van der Waals surface area contributed by atoms with E-state index in [4.69, 9.17) is 9.47 Å². The van der Waals surface area contributed by atoms with Gasteiger partial charge in [-0.1, -0.05) is 6.07 Å². The van der Waals surface area contributed by atoms with Crippen molar-refractivity contribution in [2.24, 2.45) is 4.99 Å². The smallest absolute Gasteiger partial charge is 0.292 e.